The minimum Gasteiger partial charge on any atom is -0.356 e. The first kappa shape index (κ1) is 9.25. The maximum Gasteiger partial charge on any atom is 0.151 e. The van der Waals surface area contributed by atoms with E-state index >= 15 is 0 Å². The van der Waals surface area contributed by atoms with Crippen molar-refractivity contribution in [1.82, 2.24) is 4.98 Å². The van der Waals surface area contributed by atoms with Crippen LogP contribution in [-0.4, -0.2) is 4.98 Å². The second-order valence-corrected chi connectivity index (χ2v) is 4.06. The maximum atomic E-state index is 13.8. The molecular weight excluding hydrogens is 177 g/mol. The Morgan fingerprint density at radius 3 is 2.64 bits per heavy atom. The Bertz CT molecular complexity index is 468. The first-order chi connectivity index (χ1) is 6.59. The molecule has 2 heteroatoms. The Morgan fingerprint density at radius 1 is 1.29 bits per heavy atom. The van der Waals surface area contributed by atoms with E-state index in [1.165, 1.54) is 0 Å². The van der Waals surface area contributed by atoms with E-state index in [0.29, 0.717) is 11.1 Å². The lowest BCUT2D eigenvalue weighted by atomic mass is 10.1. The number of H-pyrrole nitrogens is 1. The molecule has 0 bridgehead atoms. The van der Waals surface area contributed by atoms with E-state index in [0.717, 1.165) is 11.1 Å². The highest BCUT2D eigenvalue weighted by molar-refractivity contribution is 5.82. The van der Waals surface area contributed by atoms with Crippen LogP contribution in [-0.2, 0) is 0 Å². The van der Waals surface area contributed by atoms with Gasteiger partial charge in [-0.1, -0.05) is 19.9 Å². The summed E-state index contributed by atoms with van der Waals surface area (Å²) in [6.45, 7) is 5.98. The van der Waals surface area contributed by atoms with Crippen LogP contribution in [0.2, 0.25) is 0 Å². The lowest BCUT2D eigenvalue weighted by Gasteiger charge is -1.99. The molecule has 2 aromatic rings. The van der Waals surface area contributed by atoms with Gasteiger partial charge in [-0.05, 0) is 30.5 Å². The monoisotopic (exact) mass is 191 g/mol. The number of nitrogens with one attached hydrogen (secondary N) is 1. The summed E-state index contributed by atoms with van der Waals surface area (Å²) < 4.78 is 13.8. The Kier molecular flexibility index (Phi) is 2.06. The number of halogens is 1. The average Bonchev–Trinajstić information content (AvgIpc) is 2.43. The molecule has 1 aromatic heterocycles. The van der Waals surface area contributed by atoms with E-state index in [1.54, 1.807) is 0 Å². The molecule has 1 heterocycles. The van der Waals surface area contributed by atoms with Crippen LogP contribution in [0.1, 0.15) is 31.0 Å². The predicted molar refractivity (Wildman–Crippen MR) is 57.1 cm³/mol. The molecule has 0 aliphatic carbocycles. The van der Waals surface area contributed by atoms with Crippen LogP contribution in [0.3, 0.4) is 0 Å². The maximum absolute atomic E-state index is 13.8. The smallest absolute Gasteiger partial charge is 0.151 e. The van der Waals surface area contributed by atoms with Gasteiger partial charge in [-0.2, -0.15) is 0 Å². The third-order valence-electron chi connectivity index (χ3n) is 2.49. The lowest BCUT2D eigenvalue weighted by Crippen LogP contribution is -1.89. The van der Waals surface area contributed by atoms with E-state index in [1.807, 2.05) is 39.0 Å². The Hall–Kier alpha value is -1.31. The molecule has 0 amide bonds. The van der Waals surface area contributed by atoms with Gasteiger partial charge < -0.3 is 4.98 Å². The number of aryl methyl sites for hydroxylation is 1. The molecule has 0 radical (unpaired) electrons. The van der Waals surface area contributed by atoms with Gasteiger partial charge in [0.2, 0.25) is 0 Å². The third kappa shape index (κ3) is 1.31. The second-order valence-electron chi connectivity index (χ2n) is 4.06. The van der Waals surface area contributed by atoms with Crippen LogP contribution >= 0.6 is 0 Å². The molecule has 0 spiro atoms. The molecule has 0 saturated carbocycles. The predicted octanol–water partition coefficient (Wildman–Crippen LogP) is 3.74. The van der Waals surface area contributed by atoms with E-state index in [9.17, 15) is 4.39 Å². The van der Waals surface area contributed by atoms with Crippen molar-refractivity contribution in [1.29, 1.82) is 0 Å². The summed E-state index contributed by atoms with van der Waals surface area (Å²) in [6.07, 6.45) is 0. The number of hydrogen-bond acceptors (Lipinski definition) is 0. The second kappa shape index (κ2) is 3.12. The fraction of sp³-hybridized carbons (Fsp3) is 0.333. The Balaban J connectivity index is 2.73. The van der Waals surface area contributed by atoms with Crippen molar-refractivity contribution >= 4 is 10.9 Å². The quantitative estimate of drug-likeness (QED) is 0.706. The third-order valence-corrected chi connectivity index (χ3v) is 2.49. The molecule has 0 saturated heterocycles. The number of aromatic amines is 1. The van der Waals surface area contributed by atoms with Gasteiger partial charge in [0.1, 0.15) is 0 Å². The van der Waals surface area contributed by atoms with Gasteiger partial charge in [0.05, 0.1) is 5.69 Å². The van der Waals surface area contributed by atoms with Crippen LogP contribution in [0, 0.1) is 12.7 Å². The van der Waals surface area contributed by atoms with Crippen LogP contribution in [0.5, 0.6) is 0 Å². The van der Waals surface area contributed by atoms with Crippen molar-refractivity contribution in [2.45, 2.75) is 26.7 Å². The highest BCUT2D eigenvalue weighted by Gasteiger charge is 2.13. The zero-order valence-electron chi connectivity index (χ0n) is 8.69. The largest absolute Gasteiger partial charge is 0.356 e. The fourth-order valence-corrected chi connectivity index (χ4v) is 1.70. The van der Waals surface area contributed by atoms with Gasteiger partial charge in [0.25, 0.3) is 0 Å². The molecule has 1 aromatic carbocycles. The molecule has 0 atom stereocenters. The Labute approximate surface area is 82.9 Å². The molecule has 0 fully saturated rings. The highest BCUT2D eigenvalue weighted by atomic mass is 19.1. The van der Waals surface area contributed by atoms with Gasteiger partial charge in [-0.15, -0.1) is 0 Å². The molecule has 0 unspecified atom stereocenters. The first-order valence-electron chi connectivity index (χ1n) is 4.87. The molecule has 74 valence electrons. The topological polar surface area (TPSA) is 15.8 Å². The van der Waals surface area contributed by atoms with Gasteiger partial charge in [-0.3, -0.25) is 0 Å². The zero-order valence-corrected chi connectivity index (χ0v) is 8.69. The first-order valence-corrected chi connectivity index (χ1v) is 4.87. The van der Waals surface area contributed by atoms with Crippen molar-refractivity contribution in [3.63, 3.8) is 0 Å². The van der Waals surface area contributed by atoms with Crippen LogP contribution in [0.15, 0.2) is 18.2 Å². The SMILES string of the molecule is Cc1ccc2c(F)c(C(C)C)[nH]c2c1. The van der Waals surface area contributed by atoms with Crippen molar-refractivity contribution in [3.8, 4) is 0 Å². The molecule has 1 N–H and O–H groups in total. The van der Waals surface area contributed by atoms with E-state index in [-0.39, 0.29) is 11.7 Å². The van der Waals surface area contributed by atoms with Crippen LogP contribution < -0.4 is 0 Å². The van der Waals surface area contributed by atoms with Crippen molar-refractivity contribution in [2.24, 2.45) is 0 Å². The summed E-state index contributed by atoms with van der Waals surface area (Å²) in [4.78, 5) is 3.13. The van der Waals surface area contributed by atoms with E-state index in [2.05, 4.69) is 4.98 Å². The average molecular weight is 191 g/mol. The van der Waals surface area contributed by atoms with Gasteiger partial charge in [0, 0.05) is 10.9 Å². The molecule has 14 heavy (non-hydrogen) atoms. The standard InChI is InChI=1S/C12H14FN/c1-7(2)12-11(13)9-5-4-8(3)6-10(9)14-12/h4-7,14H,1-3H3. The van der Waals surface area contributed by atoms with Crippen LogP contribution in [0.4, 0.5) is 4.39 Å². The lowest BCUT2D eigenvalue weighted by molar-refractivity contribution is 0.605. The van der Waals surface area contributed by atoms with E-state index in [4.69, 9.17) is 0 Å². The molecule has 2 rings (SSSR count). The summed E-state index contributed by atoms with van der Waals surface area (Å²) in [5.74, 6) is 0.0951. The minimum atomic E-state index is -0.102. The Morgan fingerprint density at radius 2 is 2.00 bits per heavy atom. The van der Waals surface area contributed by atoms with Crippen molar-refractivity contribution in [2.75, 3.05) is 0 Å². The molecule has 0 aliphatic rings. The molecule has 1 nitrogen and oxygen atoms in total. The summed E-state index contributed by atoms with van der Waals surface area (Å²) in [5.41, 5.74) is 2.74. The fourth-order valence-electron chi connectivity index (χ4n) is 1.70. The highest BCUT2D eigenvalue weighted by Crippen LogP contribution is 2.26. The number of rotatable bonds is 1. The molecular formula is C12H14FN. The van der Waals surface area contributed by atoms with Crippen LogP contribution in [0.25, 0.3) is 10.9 Å². The van der Waals surface area contributed by atoms with Crippen molar-refractivity contribution < 1.29 is 4.39 Å². The number of aromatic nitrogens is 1. The van der Waals surface area contributed by atoms with Gasteiger partial charge >= 0.3 is 0 Å². The minimum absolute atomic E-state index is 0.102. The van der Waals surface area contributed by atoms with Gasteiger partial charge in [0.15, 0.2) is 5.82 Å². The number of benzene rings is 1. The zero-order chi connectivity index (χ0) is 10.3. The van der Waals surface area contributed by atoms with Gasteiger partial charge in [-0.25, -0.2) is 4.39 Å². The summed E-state index contributed by atoms with van der Waals surface area (Å²) >= 11 is 0. The summed E-state index contributed by atoms with van der Waals surface area (Å²) in [6, 6.07) is 5.75. The summed E-state index contributed by atoms with van der Waals surface area (Å²) in [7, 11) is 0. The summed E-state index contributed by atoms with van der Waals surface area (Å²) in [5, 5.41) is 0.694. The number of hydrogen-bond donors (Lipinski definition) is 1. The normalized spacial score (nSPS) is 11.5. The van der Waals surface area contributed by atoms with Crippen molar-refractivity contribution in [3.05, 3.63) is 35.3 Å². The molecule has 0 aliphatic heterocycles. The number of fused-ring (bicyclic) bond motifs is 1. The van der Waals surface area contributed by atoms with E-state index < -0.39 is 0 Å².